The van der Waals surface area contributed by atoms with Gasteiger partial charge in [-0.2, -0.15) is 5.10 Å². The van der Waals surface area contributed by atoms with E-state index in [2.05, 4.69) is 20.1 Å². The molecule has 2 aliphatic rings. The molecule has 2 aromatic rings. The Labute approximate surface area is 146 Å². The summed E-state index contributed by atoms with van der Waals surface area (Å²) in [6.07, 6.45) is 4.70. The minimum Gasteiger partial charge on any atom is -0.295 e. The van der Waals surface area contributed by atoms with Crippen LogP contribution in [-0.4, -0.2) is 57.8 Å². The van der Waals surface area contributed by atoms with Gasteiger partial charge in [0.2, 0.25) is 5.91 Å². The van der Waals surface area contributed by atoms with Gasteiger partial charge in [-0.1, -0.05) is 0 Å². The number of piperidine rings is 1. The fourth-order valence-electron chi connectivity index (χ4n) is 3.81. The molecule has 0 bridgehead atoms. The van der Waals surface area contributed by atoms with Crippen molar-refractivity contribution in [1.82, 2.24) is 20.1 Å². The normalized spacial score (nSPS) is 22.7. The number of amides is 1. The molecule has 4 rings (SSSR count). The molecule has 1 unspecified atom stereocenters. The summed E-state index contributed by atoms with van der Waals surface area (Å²) in [5.41, 5.74) is 2.86. The van der Waals surface area contributed by atoms with E-state index >= 15 is 0 Å². The topological polar surface area (TPSA) is 65.1 Å². The fourth-order valence-corrected chi connectivity index (χ4v) is 3.81. The van der Waals surface area contributed by atoms with Gasteiger partial charge in [-0.25, -0.2) is 9.37 Å². The maximum Gasteiger partial charge on any atom is 0.245 e. The zero-order chi connectivity index (χ0) is 17.4. The first-order valence-corrected chi connectivity index (χ1v) is 8.80. The highest BCUT2D eigenvalue weighted by Crippen LogP contribution is 2.28. The van der Waals surface area contributed by atoms with Crippen LogP contribution in [0.1, 0.15) is 25.0 Å². The van der Waals surface area contributed by atoms with Crippen molar-refractivity contribution in [3.63, 3.8) is 0 Å². The van der Waals surface area contributed by atoms with Crippen LogP contribution >= 0.6 is 0 Å². The van der Waals surface area contributed by atoms with Crippen LogP contribution in [0.15, 0.2) is 24.5 Å². The molecule has 1 N–H and O–H groups in total. The van der Waals surface area contributed by atoms with E-state index in [9.17, 15) is 9.18 Å². The maximum absolute atomic E-state index is 13.3. The summed E-state index contributed by atoms with van der Waals surface area (Å²) in [4.78, 5) is 21.4. The van der Waals surface area contributed by atoms with Crippen LogP contribution in [0.4, 0.5) is 10.2 Å². The number of likely N-dealkylation sites (tertiary alicyclic amines) is 1. The lowest BCUT2D eigenvalue weighted by molar-refractivity contribution is -0.122. The standard InChI is InChI=1S/C18H22FN5O/c1-12-15(13-10-20-21-11-13)2-3-17(22-12)24-9-6-16(18(24)25)23-7-4-14(19)5-8-23/h2-3,10-11,14,16H,4-9H2,1H3,(H,20,21). The van der Waals surface area contributed by atoms with Crippen molar-refractivity contribution in [1.29, 1.82) is 0 Å². The number of pyridine rings is 1. The van der Waals surface area contributed by atoms with E-state index in [1.807, 2.05) is 25.3 Å². The molecule has 0 spiro atoms. The number of alkyl halides is 1. The molecular formula is C18H22FN5O. The van der Waals surface area contributed by atoms with Gasteiger partial charge in [0.05, 0.1) is 12.2 Å². The van der Waals surface area contributed by atoms with E-state index in [0.717, 1.165) is 23.2 Å². The Bertz CT molecular complexity index is 755. The Hall–Kier alpha value is -2.28. The predicted octanol–water partition coefficient (Wildman–Crippen LogP) is 2.32. The zero-order valence-corrected chi connectivity index (χ0v) is 14.3. The van der Waals surface area contributed by atoms with E-state index < -0.39 is 6.17 Å². The van der Waals surface area contributed by atoms with Crippen LogP contribution in [0.3, 0.4) is 0 Å². The molecule has 1 atom stereocenters. The number of carbonyl (C=O) groups excluding carboxylic acids is 1. The van der Waals surface area contributed by atoms with Crippen molar-refractivity contribution in [3.05, 3.63) is 30.2 Å². The van der Waals surface area contributed by atoms with E-state index in [-0.39, 0.29) is 11.9 Å². The number of carbonyl (C=O) groups is 1. The largest absolute Gasteiger partial charge is 0.295 e. The highest BCUT2D eigenvalue weighted by Gasteiger charge is 2.38. The van der Waals surface area contributed by atoms with Crippen molar-refractivity contribution in [3.8, 4) is 11.1 Å². The maximum atomic E-state index is 13.3. The third kappa shape index (κ3) is 3.04. The highest BCUT2D eigenvalue weighted by molar-refractivity contribution is 5.98. The molecule has 0 aromatic carbocycles. The molecule has 132 valence electrons. The van der Waals surface area contributed by atoms with E-state index in [1.165, 1.54) is 0 Å². The van der Waals surface area contributed by atoms with Gasteiger partial charge < -0.3 is 0 Å². The highest BCUT2D eigenvalue weighted by atomic mass is 19.1. The number of nitrogens with one attached hydrogen (secondary N) is 1. The second-order valence-corrected chi connectivity index (χ2v) is 6.79. The molecule has 2 fully saturated rings. The molecule has 2 aliphatic heterocycles. The minimum atomic E-state index is -0.719. The van der Waals surface area contributed by atoms with Gasteiger partial charge >= 0.3 is 0 Å². The summed E-state index contributed by atoms with van der Waals surface area (Å²) >= 11 is 0. The number of rotatable bonds is 3. The number of aromatic nitrogens is 3. The number of hydrogen-bond acceptors (Lipinski definition) is 4. The summed E-state index contributed by atoms with van der Waals surface area (Å²) in [5, 5.41) is 6.77. The van der Waals surface area contributed by atoms with Gasteiger partial charge in [-0.15, -0.1) is 0 Å². The fraction of sp³-hybridized carbons (Fsp3) is 0.500. The zero-order valence-electron chi connectivity index (χ0n) is 14.3. The van der Waals surface area contributed by atoms with Crippen molar-refractivity contribution in [2.75, 3.05) is 24.5 Å². The Balaban J connectivity index is 1.51. The van der Waals surface area contributed by atoms with Gasteiger partial charge in [0.1, 0.15) is 12.0 Å². The molecule has 0 saturated carbocycles. The van der Waals surface area contributed by atoms with Crippen LogP contribution in [0, 0.1) is 6.92 Å². The smallest absolute Gasteiger partial charge is 0.245 e. The van der Waals surface area contributed by atoms with Crippen molar-refractivity contribution < 1.29 is 9.18 Å². The van der Waals surface area contributed by atoms with Crippen LogP contribution in [0.5, 0.6) is 0 Å². The molecular weight excluding hydrogens is 321 g/mol. The average molecular weight is 343 g/mol. The molecule has 0 radical (unpaired) electrons. The number of nitrogens with zero attached hydrogens (tertiary/aromatic N) is 4. The summed E-state index contributed by atoms with van der Waals surface area (Å²) in [7, 11) is 0. The lowest BCUT2D eigenvalue weighted by Gasteiger charge is -2.32. The molecule has 6 nitrogen and oxygen atoms in total. The van der Waals surface area contributed by atoms with E-state index in [1.54, 1.807) is 11.1 Å². The first-order valence-electron chi connectivity index (χ1n) is 8.80. The number of anilines is 1. The molecule has 7 heteroatoms. The van der Waals surface area contributed by atoms with Gasteiger partial charge in [0.15, 0.2) is 0 Å². The van der Waals surface area contributed by atoms with Crippen LogP contribution in [0.25, 0.3) is 11.1 Å². The first-order chi connectivity index (χ1) is 12.1. The summed E-state index contributed by atoms with van der Waals surface area (Å²) < 4.78 is 13.3. The minimum absolute atomic E-state index is 0.0836. The van der Waals surface area contributed by atoms with Crippen molar-refractivity contribution in [2.45, 2.75) is 38.4 Å². The van der Waals surface area contributed by atoms with Crippen LogP contribution in [0.2, 0.25) is 0 Å². The second-order valence-electron chi connectivity index (χ2n) is 6.79. The average Bonchev–Trinajstić information content (AvgIpc) is 3.26. The monoisotopic (exact) mass is 343 g/mol. The molecule has 2 saturated heterocycles. The van der Waals surface area contributed by atoms with Gasteiger partial charge in [-0.3, -0.25) is 19.7 Å². The number of hydrogen-bond donors (Lipinski definition) is 1. The number of H-pyrrole nitrogens is 1. The molecule has 4 heterocycles. The van der Waals surface area contributed by atoms with Crippen molar-refractivity contribution >= 4 is 11.7 Å². The third-order valence-electron chi connectivity index (χ3n) is 5.23. The Kier molecular flexibility index (Phi) is 4.25. The molecule has 25 heavy (non-hydrogen) atoms. The molecule has 1 amide bonds. The van der Waals surface area contributed by atoms with Crippen molar-refractivity contribution in [2.24, 2.45) is 0 Å². The van der Waals surface area contributed by atoms with Gasteiger partial charge in [0.25, 0.3) is 0 Å². The predicted molar refractivity (Wildman–Crippen MR) is 93.0 cm³/mol. The Morgan fingerprint density at radius 2 is 2.00 bits per heavy atom. The first kappa shape index (κ1) is 16.2. The molecule has 0 aliphatic carbocycles. The Morgan fingerprint density at radius 3 is 2.68 bits per heavy atom. The third-order valence-corrected chi connectivity index (χ3v) is 5.23. The quantitative estimate of drug-likeness (QED) is 0.929. The number of aromatic amines is 1. The number of aryl methyl sites for hydroxylation is 1. The molecule has 2 aromatic heterocycles. The Morgan fingerprint density at radius 1 is 1.20 bits per heavy atom. The summed E-state index contributed by atoms with van der Waals surface area (Å²) in [5.74, 6) is 0.776. The SMILES string of the molecule is Cc1nc(N2CCC(N3CCC(F)CC3)C2=O)ccc1-c1cn[nH]c1. The lowest BCUT2D eigenvalue weighted by atomic mass is 10.1. The van der Waals surface area contributed by atoms with Crippen LogP contribution < -0.4 is 4.90 Å². The van der Waals surface area contributed by atoms with Gasteiger partial charge in [-0.05, 0) is 38.3 Å². The van der Waals surface area contributed by atoms with E-state index in [0.29, 0.717) is 38.3 Å². The second kappa shape index (κ2) is 6.55. The van der Waals surface area contributed by atoms with E-state index in [4.69, 9.17) is 0 Å². The summed E-state index contributed by atoms with van der Waals surface area (Å²) in [6.45, 7) is 3.93. The summed E-state index contributed by atoms with van der Waals surface area (Å²) in [6, 6.07) is 3.74. The number of halogens is 1. The van der Waals surface area contributed by atoms with Crippen LogP contribution in [-0.2, 0) is 4.79 Å². The van der Waals surface area contributed by atoms with Gasteiger partial charge in [0, 0.05) is 42.7 Å². The lowest BCUT2D eigenvalue weighted by Crippen LogP contribution is -2.46.